The molecule has 0 aliphatic rings. The van der Waals surface area contributed by atoms with Crippen LogP contribution in [0.5, 0.6) is 5.75 Å². The van der Waals surface area contributed by atoms with Crippen LogP contribution in [-0.2, 0) is 0 Å². The molecule has 0 atom stereocenters. The van der Waals surface area contributed by atoms with Gasteiger partial charge in [-0.15, -0.1) is 0 Å². The smallest absolute Gasteiger partial charge is 0.115 e. The molecule has 4 aromatic carbocycles. The summed E-state index contributed by atoms with van der Waals surface area (Å²) in [5.41, 5.74) is 7.99. The first-order valence-electron chi connectivity index (χ1n) is 9.36. The Labute approximate surface area is 163 Å². The lowest BCUT2D eigenvalue weighted by atomic mass is 9.93. The maximum absolute atomic E-state index is 9.70. The summed E-state index contributed by atoms with van der Waals surface area (Å²) in [4.78, 5) is 3.65. The highest BCUT2D eigenvalue weighted by atomic mass is 16.3. The molecule has 0 radical (unpaired) electrons. The number of phenols is 1. The van der Waals surface area contributed by atoms with E-state index in [0.29, 0.717) is 0 Å². The fourth-order valence-electron chi connectivity index (χ4n) is 3.84. The van der Waals surface area contributed by atoms with Crippen LogP contribution in [0.15, 0.2) is 103 Å². The van der Waals surface area contributed by atoms with Crippen molar-refractivity contribution in [2.24, 2.45) is 0 Å². The predicted octanol–water partition coefficient (Wildman–Crippen LogP) is 6.87. The molecule has 0 aliphatic carbocycles. The van der Waals surface area contributed by atoms with E-state index in [1.165, 1.54) is 16.5 Å². The molecule has 2 nitrogen and oxygen atoms in total. The van der Waals surface area contributed by atoms with Crippen LogP contribution < -0.4 is 0 Å². The van der Waals surface area contributed by atoms with Crippen molar-refractivity contribution < 1.29 is 5.11 Å². The third-order valence-electron chi connectivity index (χ3n) is 5.13. The van der Waals surface area contributed by atoms with Gasteiger partial charge in [0.2, 0.25) is 0 Å². The van der Waals surface area contributed by atoms with Crippen molar-refractivity contribution in [3.63, 3.8) is 0 Å². The topological polar surface area (TPSA) is 36.0 Å². The summed E-state index contributed by atoms with van der Waals surface area (Å²) in [7, 11) is 0. The lowest BCUT2D eigenvalue weighted by molar-refractivity contribution is 0.475. The van der Waals surface area contributed by atoms with Gasteiger partial charge in [0, 0.05) is 16.5 Å². The minimum absolute atomic E-state index is 0.276. The maximum Gasteiger partial charge on any atom is 0.115 e. The molecule has 0 spiro atoms. The summed E-state index contributed by atoms with van der Waals surface area (Å²) in [5.74, 6) is 0.276. The Morgan fingerprint density at radius 3 is 1.86 bits per heavy atom. The third-order valence-corrected chi connectivity index (χ3v) is 5.13. The lowest BCUT2D eigenvalue weighted by Crippen LogP contribution is -1.84. The molecule has 28 heavy (non-hydrogen) atoms. The molecular weight excluding hydrogens is 342 g/mol. The summed E-state index contributed by atoms with van der Waals surface area (Å²) in [6, 6.07) is 34.7. The van der Waals surface area contributed by atoms with E-state index in [1.54, 1.807) is 12.1 Å². The SMILES string of the molecule is Oc1ccc(-c2cccc3[nH]c(-c4ccccc4)c(-c4ccccc4)c23)cc1. The van der Waals surface area contributed by atoms with Crippen LogP contribution in [0.2, 0.25) is 0 Å². The summed E-state index contributed by atoms with van der Waals surface area (Å²) in [5, 5.41) is 10.9. The molecule has 0 fully saturated rings. The number of rotatable bonds is 3. The molecule has 5 rings (SSSR count). The highest BCUT2D eigenvalue weighted by Gasteiger charge is 2.18. The molecule has 2 N–H and O–H groups in total. The van der Waals surface area contributed by atoms with Gasteiger partial charge in [0.25, 0.3) is 0 Å². The quantitative estimate of drug-likeness (QED) is 0.361. The van der Waals surface area contributed by atoms with Gasteiger partial charge in [-0.05, 0) is 40.5 Å². The van der Waals surface area contributed by atoms with E-state index in [2.05, 4.69) is 71.7 Å². The Balaban J connectivity index is 1.87. The number of hydrogen-bond donors (Lipinski definition) is 2. The van der Waals surface area contributed by atoms with E-state index in [0.717, 1.165) is 27.9 Å². The Kier molecular flexibility index (Phi) is 3.95. The molecule has 0 saturated heterocycles. The zero-order chi connectivity index (χ0) is 18.9. The normalized spacial score (nSPS) is 11.0. The summed E-state index contributed by atoms with van der Waals surface area (Å²) < 4.78 is 0. The van der Waals surface area contributed by atoms with Gasteiger partial charge in [-0.3, -0.25) is 0 Å². The van der Waals surface area contributed by atoms with Crippen molar-refractivity contribution in [3.8, 4) is 39.3 Å². The molecule has 0 amide bonds. The van der Waals surface area contributed by atoms with Crippen molar-refractivity contribution >= 4 is 10.9 Å². The van der Waals surface area contributed by atoms with Crippen molar-refractivity contribution in [2.75, 3.05) is 0 Å². The van der Waals surface area contributed by atoms with E-state index in [-0.39, 0.29) is 5.75 Å². The van der Waals surface area contributed by atoms with Gasteiger partial charge in [0.05, 0.1) is 5.69 Å². The fraction of sp³-hybridized carbons (Fsp3) is 0. The van der Waals surface area contributed by atoms with Gasteiger partial charge < -0.3 is 10.1 Å². The number of aromatic hydroxyl groups is 1. The maximum atomic E-state index is 9.70. The van der Waals surface area contributed by atoms with Gasteiger partial charge in [0.1, 0.15) is 5.75 Å². The first-order valence-corrected chi connectivity index (χ1v) is 9.36. The highest BCUT2D eigenvalue weighted by molar-refractivity contribution is 6.10. The summed E-state index contributed by atoms with van der Waals surface area (Å²) in [6.07, 6.45) is 0. The number of aromatic amines is 1. The average Bonchev–Trinajstić information content (AvgIpc) is 3.15. The number of fused-ring (bicyclic) bond motifs is 1. The number of aromatic nitrogens is 1. The molecule has 0 unspecified atom stereocenters. The monoisotopic (exact) mass is 361 g/mol. The second-order valence-corrected chi connectivity index (χ2v) is 6.88. The minimum atomic E-state index is 0.276. The molecule has 0 bridgehead atoms. The fourth-order valence-corrected chi connectivity index (χ4v) is 3.84. The first kappa shape index (κ1) is 16.4. The van der Waals surface area contributed by atoms with Crippen molar-refractivity contribution in [1.82, 2.24) is 4.98 Å². The van der Waals surface area contributed by atoms with Gasteiger partial charge >= 0.3 is 0 Å². The number of H-pyrrole nitrogens is 1. The Morgan fingerprint density at radius 1 is 0.536 bits per heavy atom. The first-order chi connectivity index (χ1) is 13.8. The zero-order valence-electron chi connectivity index (χ0n) is 15.3. The van der Waals surface area contributed by atoms with Gasteiger partial charge in [-0.25, -0.2) is 0 Å². The lowest BCUT2D eigenvalue weighted by Gasteiger charge is -2.09. The summed E-state index contributed by atoms with van der Waals surface area (Å²) in [6.45, 7) is 0. The molecule has 0 saturated carbocycles. The number of phenolic OH excluding ortho intramolecular Hbond substituents is 1. The Hall–Kier alpha value is -3.78. The van der Waals surface area contributed by atoms with Crippen molar-refractivity contribution in [2.45, 2.75) is 0 Å². The van der Waals surface area contributed by atoms with Crippen LogP contribution in [0.4, 0.5) is 0 Å². The summed E-state index contributed by atoms with van der Waals surface area (Å²) >= 11 is 0. The van der Waals surface area contributed by atoms with E-state index in [4.69, 9.17) is 0 Å². The number of benzene rings is 4. The molecule has 134 valence electrons. The van der Waals surface area contributed by atoms with Gasteiger partial charge in [-0.1, -0.05) is 84.9 Å². The van der Waals surface area contributed by atoms with Crippen molar-refractivity contribution in [1.29, 1.82) is 0 Å². The van der Waals surface area contributed by atoms with Gasteiger partial charge in [-0.2, -0.15) is 0 Å². The third kappa shape index (κ3) is 2.76. The number of nitrogens with one attached hydrogen (secondary N) is 1. The van der Waals surface area contributed by atoms with E-state index >= 15 is 0 Å². The Morgan fingerprint density at radius 2 is 1.18 bits per heavy atom. The largest absolute Gasteiger partial charge is 0.508 e. The predicted molar refractivity (Wildman–Crippen MR) is 116 cm³/mol. The molecule has 5 aromatic rings. The molecule has 0 aliphatic heterocycles. The van der Waals surface area contributed by atoms with Crippen molar-refractivity contribution in [3.05, 3.63) is 103 Å². The van der Waals surface area contributed by atoms with Crippen LogP contribution in [-0.4, -0.2) is 10.1 Å². The second kappa shape index (κ2) is 6.75. The van der Waals surface area contributed by atoms with Crippen LogP contribution in [0, 0.1) is 0 Å². The zero-order valence-corrected chi connectivity index (χ0v) is 15.3. The number of hydrogen-bond acceptors (Lipinski definition) is 1. The highest BCUT2D eigenvalue weighted by Crippen LogP contribution is 2.42. The minimum Gasteiger partial charge on any atom is -0.508 e. The molecule has 2 heteroatoms. The Bertz CT molecular complexity index is 1240. The molecule has 1 heterocycles. The molecule has 1 aromatic heterocycles. The molecular formula is C26H19NO. The van der Waals surface area contributed by atoms with Crippen LogP contribution >= 0.6 is 0 Å². The average molecular weight is 361 g/mol. The van der Waals surface area contributed by atoms with E-state index in [1.807, 2.05) is 24.3 Å². The standard InChI is InChI=1S/C26H19NO/c28-21-16-14-18(15-17-21)22-12-7-13-23-25(22)24(19-8-3-1-4-9-19)26(27-23)20-10-5-2-6-11-20/h1-17,27-28H. The van der Waals surface area contributed by atoms with E-state index in [9.17, 15) is 5.11 Å². The van der Waals surface area contributed by atoms with Gasteiger partial charge in [0.15, 0.2) is 0 Å². The van der Waals surface area contributed by atoms with Crippen LogP contribution in [0.3, 0.4) is 0 Å². The second-order valence-electron chi connectivity index (χ2n) is 6.88. The van der Waals surface area contributed by atoms with E-state index < -0.39 is 0 Å². The van der Waals surface area contributed by atoms with Crippen LogP contribution in [0.1, 0.15) is 0 Å². The van der Waals surface area contributed by atoms with Crippen LogP contribution in [0.25, 0.3) is 44.4 Å².